The Kier molecular flexibility index (Phi) is 7.00. The summed E-state index contributed by atoms with van der Waals surface area (Å²) in [7, 11) is 3.02. The molecule has 1 saturated heterocycles. The number of aryl methyl sites for hydroxylation is 1. The first-order valence-corrected chi connectivity index (χ1v) is 11.2. The van der Waals surface area contributed by atoms with Gasteiger partial charge in [-0.2, -0.15) is 0 Å². The predicted octanol–water partition coefficient (Wildman–Crippen LogP) is 5.41. The minimum absolute atomic E-state index is 0.126. The highest BCUT2D eigenvalue weighted by molar-refractivity contribution is 6.00. The van der Waals surface area contributed by atoms with E-state index in [2.05, 4.69) is 5.32 Å². The smallest absolute Gasteiger partial charge is 0.230 e. The number of nitrogens with one attached hydrogen (secondary N) is 1. The number of piperidine rings is 1. The van der Waals surface area contributed by atoms with Gasteiger partial charge in [-0.3, -0.25) is 9.59 Å². The van der Waals surface area contributed by atoms with Crippen molar-refractivity contribution in [1.29, 1.82) is 0 Å². The molecule has 1 N–H and O–H groups in total. The number of benzene rings is 3. The third-order valence-corrected chi connectivity index (χ3v) is 6.18. The molecular formula is C27H26F2N2O4. The van der Waals surface area contributed by atoms with Crippen molar-refractivity contribution >= 4 is 23.2 Å². The lowest BCUT2D eigenvalue weighted by atomic mass is 9.83. The van der Waals surface area contributed by atoms with Gasteiger partial charge in [0.05, 0.1) is 31.9 Å². The highest BCUT2D eigenvalue weighted by Crippen LogP contribution is 2.43. The molecule has 0 aromatic heterocycles. The number of nitrogens with zero attached hydrogens (tertiary/aromatic N) is 1. The van der Waals surface area contributed by atoms with Gasteiger partial charge in [0.25, 0.3) is 0 Å². The number of amides is 2. The number of hydrogen-bond donors (Lipinski definition) is 1. The maximum Gasteiger partial charge on any atom is 0.230 e. The van der Waals surface area contributed by atoms with Crippen molar-refractivity contribution in [1.82, 2.24) is 0 Å². The molecular weight excluding hydrogens is 454 g/mol. The topological polar surface area (TPSA) is 67.9 Å². The first kappa shape index (κ1) is 24.2. The highest BCUT2D eigenvalue weighted by Gasteiger charge is 2.42. The summed E-state index contributed by atoms with van der Waals surface area (Å²) < 4.78 is 38.8. The summed E-state index contributed by atoms with van der Waals surface area (Å²) in [6.07, 6.45) is 0.365. The summed E-state index contributed by atoms with van der Waals surface area (Å²) in [6, 6.07) is 14.8. The van der Waals surface area contributed by atoms with E-state index in [1.807, 2.05) is 31.2 Å². The van der Waals surface area contributed by atoms with Crippen molar-refractivity contribution in [3.05, 3.63) is 83.4 Å². The van der Waals surface area contributed by atoms with Crippen LogP contribution in [-0.2, 0) is 9.59 Å². The fourth-order valence-electron chi connectivity index (χ4n) is 4.41. The molecule has 8 heteroatoms. The van der Waals surface area contributed by atoms with Crippen LogP contribution in [0, 0.1) is 24.5 Å². The van der Waals surface area contributed by atoms with E-state index in [0.29, 0.717) is 22.7 Å². The molecule has 4 rings (SSSR count). The van der Waals surface area contributed by atoms with Gasteiger partial charge in [-0.05, 0) is 55.3 Å². The third kappa shape index (κ3) is 4.96. The van der Waals surface area contributed by atoms with Gasteiger partial charge in [0.15, 0.2) is 11.5 Å². The number of rotatable bonds is 6. The number of carbonyl (C=O) groups is 2. The maximum absolute atomic E-state index is 14.3. The molecule has 2 unspecified atom stereocenters. The van der Waals surface area contributed by atoms with Crippen LogP contribution in [-0.4, -0.2) is 26.0 Å². The van der Waals surface area contributed by atoms with Crippen LogP contribution in [0.3, 0.4) is 0 Å². The van der Waals surface area contributed by atoms with E-state index in [0.717, 1.165) is 23.8 Å². The van der Waals surface area contributed by atoms with E-state index in [-0.39, 0.29) is 24.4 Å². The van der Waals surface area contributed by atoms with Gasteiger partial charge in [0, 0.05) is 18.2 Å². The summed E-state index contributed by atoms with van der Waals surface area (Å²) in [5.41, 5.74) is 2.06. The van der Waals surface area contributed by atoms with Gasteiger partial charge in [-0.25, -0.2) is 8.78 Å². The maximum atomic E-state index is 14.3. The molecule has 182 valence electrons. The van der Waals surface area contributed by atoms with Gasteiger partial charge < -0.3 is 19.7 Å². The molecule has 35 heavy (non-hydrogen) atoms. The van der Waals surface area contributed by atoms with Gasteiger partial charge in [0.1, 0.15) is 11.6 Å². The Morgan fingerprint density at radius 1 is 0.971 bits per heavy atom. The van der Waals surface area contributed by atoms with Gasteiger partial charge in [-0.15, -0.1) is 0 Å². The Labute approximate surface area is 202 Å². The number of methoxy groups -OCH3 is 2. The second-order valence-corrected chi connectivity index (χ2v) is 8.42. The zero-order valence-electron chi connectivity index (χ0n) is 19.7. The fourth-order valence-corrected chi connectivity index (χ4v) is 4.41. The molecule has 1 aliphatic rings. The third-order valence-electron chi connectivity index (χ3n) is 6.18. The minimum atomic E-state index is -0.746. The second-order valence-electron chi connectivity index (χ2n) is 8.42. The molecule has 1 aliphatic heterocycles. The van der Waals surface area contributed by atoms with Crippen molar-refractivity contribution in [3.63, 3.8) is 0 Å². The van der Waals surface area contributed by atoms with Crippen LogP contribution >= 0.6 is 0 Å². The molecule has 1 fully saturated rings. The average Bonchev–Trinajstić information content (AvgIpc) is 2.86. The van der Waals surface area contributed by atoms with E-state index in [4.69, 9.17) is 9.47 Å². The Morgan fingerprint density at radius 3 is 2.37 bits per heavy atom. The number of ether oxygens (including phenoxy) is 2. The van der Waals surface area contributed by atoms with E-state index >= 15 is 0 Å². The van der Waals surface area contributed by atoms with Gasteiger partial charge >= 0.3 is 0 Å². The highest BCUT2D eigenvalue weighted by atomic mass is 19.1. The lowest BCUT2D eigenvalue weighted by Gasteiger charge is -2.41. The summed E-state index contributed by atoms with van der Waals surface area (Å²) in [6.45, 7) is 1.94. The van der Waals surface area contributed by atoms with Gasteiger partial charge in [-0.1, -0.05) is 23.8 Å². The zero-order valence-corrected chi connectivity index (χ0v) is 19.7. The quantitative estimate of drug-likeness (QED) is 0.512. The Balaban J connectivity index is 1.79. The molecule has 6 nitrogen and oxygen atoms in total. The fraction of sp³-hybridized carbons (Fsp3) is 0.259. The van der Waals surface area contributed by atoms with E-state index in [1.54, 1.807) is 23.1 Å². The molecule has 0 radical (unpaired) electrons. The first-order chi connectivity index (χ1) is 16.8. The van der Waals surface area contributed by atoms with Crippen molar-refractivity contribution in [3.8, 4) is 11.5 Å². The Hall–Kier alpha value is -3.94. The molecule has 0 aliphatic carbocycles. The summed E-state index contributed by atoms with van der Waals surface area (Å²) in [5.74, 6) is -1.86. The van der Waals surface area contributed by atoms with Crippen molar-refractivity contribution in [2.45, 2.75) is 25.8 Å². The monoisotopic (exact) mass is 480 g/mol. The van der Waals surface area contributed by atoms with E-state index in [9.17, 15) is 18.4 Å². The van der Waals surface area contributed by atoms with Crippen LogP contribution in [0.2, 0.25) is 0 Å². The Bertz CT molecular complexity index is 1250. The summed E-state index contributed by atoms with van der Waals surface area (Å²) in [5, 5.41) is 2.52. The lowest BCUT2D eigenvalue weighted by Crippen LogP contribution is -2.47. The number of hydrogen-bond acceptors (Lipinski definition) is 4. The van der Waals surface area contributed by atoms with Crippen molar-refractivity contribution in [2.75, 3.05) is 24.4 Å². The van der Waals surface area contributed by atoms with Crippen molar-refractivity contribution in [2.24, 2.45) is 5.92 Å². The van der Waals surface area contributed by atoms with Crippen LogP contribution in [0.25, 0.3) is 0 Å². The summed E-state index contributed by atoms with van der Waals surface area (Å²) in [4.78, 5) is 28.2. The first-order valence-electron chi connectivity index (χ1n) is 11.2. The molecule has 2 amide bonds. The standard InChI is InChI=1S/C27H26F2N2O4/c1-16-4-8-19(9-5-16)31-25(32)13-10-20(27(33)30-22-15-18(28)7-11-21(22)29)26(31)17-6-12-23(34-2)24(14-17)35-3/h4-9,11-12,14-15,20,26H,10,13H2,1-3H3,(H,30,33). The van der Waals surface area contributed by atoms with E-state index in [1.165, 1.54) is 14.2 Å². The van der Waals surface area contributed by atoms with E-state index < -0.39 is 29.5 Å². The predicted molar refractivity (Wildman–Crippen MR) is 129 cm³/mol. The van der Waals surface area contributed by atoms with Crippen LogP contribution in [0.1, 0.15) is 30.0 Å². The van der Waals surface area contributed by atoms with Gasteiger partial charge in [0.2, 0.25) is 11.8 Å². The van der Waals surface area contributed by atoms with Crippen LogP contribution < -0.4 is 19.7 Å². The molecule has 0 saturated carbocycles. The van der Waals surface area contributed by atoms with Crippen LogP contribution in [0.15, 0.2) is 60.7 Å². The molecule has 3 aromatic rings. The largest absolute Gasteiger partial charge is 0.493 e. The number of halogens is 2. The molecule has 3 aromatic carbocycles. The molecule has 0 spiro atoms. The molecule has 1 heterocycles. The normalized spacial score (nSPS) is 17.7. The SMILES string of the molecule is COc1ccc(C2C(C(=O)Nc3cc(F)ccc3F)CCC(=O)N2c2ccc(C)cc2)cc1OC. The minimum Gasteiger partial charge on any atom is -0.493 e. The lowest BCUT2D eigenvalue weighted by molar-refractivity contribution is -0.126. The molecule has 0 bridgehead atoms. The average molecular weight is 481 g/mol. The second kappa shape index (κ2) is 10.1. The zero-order chi connectivity index (χ0) is 25.1. The molecule has 2 atom stereocenters. The van der Waals surface area contributed by atoms with Crippen LogP contribution in [0.5, 0.6) is 11.5 Å². The van der Waals surface area contributed by atoms with Crippen LogP contribution in [0.4, 0.5) is 20.2 Å². The number of carbonyl (C=O) groups excluding carboxylic acids is 2. The summed E-state index contributed by atoms with van der Waals surface area (Å²) >= 11 is 0. The van der Waals surface area contributed by atoms with Crippen molar-refractivity contribution < 1.29 is 27.8 Å². The Morgan fingerprint density at radius 2 is 1.69 bits per heavy atom. The number of anilines is 2.